The third-order valence-electron chi connectivity index (χ3n) is 1.99. The van der Waals surface area contributed by atoms with Gasteiger partial charge in [-0.05, 0) is 5.92 Å². The van der Waals surface area contributed by atoms with Gasteiger partial charge in [0.25, 0.3) is 0 Å². The topological polar surface area (TPSA) is 71.7 Å². The van der Waals surface area contributed by atoms with Crippen LogP contribution in [0.4, 0.5) is 0 Å². The molecule has 1 atom stereocenters. The van der Waals surface area contributed by atoms with Gasteiger partial charge in [-0.1, -0.05) is 20.3 Å². The highest BCUT2D eigenvalue weighted by Gasteiger charge is 1.98. The molecule has 14 heavy (non-hydrogen) atoms. The summed E-state index contributed by atoms with van der Waals surface area (Å²) >= 11 is 0. The molecule has 1 unspecified atom stereocenters. The number of nitrogens with two attached hydrogens (primary N) is 1. The van der Waals surface area contributed by atoms with Gasteiger partial charge in [0.2, 0.25) is 5.96 Å². The van der Waals surface area contributed by atoms with Crippen LogP contribution in [0.25, 0.3) is 0 Å². The number of guanidine groups is 1. The van der Waals surface area contributed by atoms with Crippen molar-refractivity contribution >= 4 is 5.96 Å². The van der Waals surface area contributed by atoms with E-state index in [9.17, 15) is 0 Å². The molecule has 84 valence electrons. The third kappa shape index (κ3) is 6.68. The second-order valence-electron chi connectivity index (χ2n) is 3.27. The van der Waals surface area contributed by atoms with Crippen molar-refractivity contribution in [2.45, 2.75) is 20.3 Å². The smallest absolute Gasteiger partial charge is 0.205 e. The second kappa shape index (κ2) is 8.77. The molecule has 0 heterocycles. The lowest BCUT2D eigenvalue weighted by Crippen LogP contribution is -2.43. The Morgan fingerprint density at radius 2 is 2.29 bits per heavy atom. The molecule has 0 radical (unpaired) electrons. The van der Waals surface area contributed by atoms with Crippen LogP contribution in [0.2, 0.25) is 0 Å². The first-order valence-electron chi connectivity index (χ1n) is 4.98. The van der Waals surface area contributed by atoms with Crippen LogP contribution in [0.1, 0.15) is 20.3 Å². The lowest BCUT2D eigenvalue weighted by atomic mass is 10.1. The minimum absolute atomic E-state index is 0.586. The van der Waals surface area contributed by atoms with Gasteiger partial charge in [0, 0.05) is 20.2 Å². The maximum absolute atomic E-state index is 5.30. The molecule has 0 spiro atoms. The molecule has 0 aromatic carbocycles. The predicted octanol–water partition coefficient (Wildman–Crippen LogP) is 0.0878. The zero-order valence-electron chi connectivity index (χ0n) is 9.34. The van der Waals surface area contributed by atoms with Crippen molar-refractivity contribution in [1.82, 2.24) is 10.7 Å². The van der Waals surface area contributed by atoms with Gasteiger partial charge in [0.1, 0.15) is 0 Å². The van der Waals surface area contributed by atoms with Crippen molar-refractivity contribution in [3.63, 3.8) is 0 Å². The fraction of sp³-hybridized carbons (Fsp3) is 0.889. The fourth-order valence-electron chi connectivity index (χ4n) is 0.800. The molecule has 4 N–H and O–H groups in total. The van der Waals surface area contributed by atoms with E-state index in [1.807, 2.05) is 0 Å². The molecule has 0 amide bonds. The van der Waals surface area contributed by atoms with Crippen molar-refractivity contribution in [2.24, 2.45) is 16.8 Å². The van der Waals surface area contributed by atoms with E-state index in [0.29, 0.717) is 25.0 Å². The number of nitrogens with zero attached hydrogens (tertiary/aromatic N) is 1. The summed E-state index contributed by atoms with van der Waals surface area (Å²) < 4.78 is 4.90. The van der Waals surface area contributed by atoms with Crippen molar-refractivity contribution < 1.29 is 4.74 Å². The van der Waals surface area contributed by atoms with E-state index in [-0.39, 0.29) is 0 Å². The molecule has 0 aliphatic carbocycles. The summed E-state index contributed by atoms with van der Waals surface area (Å²) in [5.74, 6) is 6.51. The van der Waals surface area contributed by atoms with E-state index in [1.54, 1.807) is 7.11 Å². The Labute approximate surface area is 86.1 Å². The van der Waals surface area contributed by atoms with Gasteiger partial charge in [0.05, 0.1) is 6.61 Å². The molecule has 0 rings (SSSR count). The van der Waals surface area contributed by atoms with E-state index >= 15 is 0 Å². The monoisotopic (exact) mass is 202 g/mol. The molecule has 5 nitrogen and oxygen atoms in total. The van der Waals surface area contributed by atoms with E-state index in [1.165, 1.54) is 0 Å². The number of nitrogens with one attached hydrogen (secondary N) is 2. The van der Waals surface area contributed by atoms with Crippen molar-refractivity contribution in [1.29, 1.82) is 0 Å². The van der Waals surface area contributed by atoms with E-state index in [2.05, 4.69) is 29.6 Å². The Balaban J connectivity index is 3.74. The zero-order chi connectivity index (χ0) is 10.8. The number of rotatable bonds is 6. The number of hydrogen-bond donors (Lipinski definition) is 3. The van der Waals surface area contributed by atoms with E-state index in [4.69, 9.17) is 10.6 Å². The van der Waals surface area contributed by atoms with Crippen molar-refractivity contribution in [3.8, 4) is 0 Å². The Bertz CT molecular complexity index is 161. The number of ether oxygens (including phenoxy) is 1. The van der Waals surface area contributed by atoms with Crippen LogP contribution in [0.5, 0.6) is 0 Å². The molecule has 0 fully saturated rings. The average molecular weight is 202 g/mol. The highest BCUT2D eigenvalue weighted by atomic mass is 16.5. The number of hydrogen-bond acceptors (Lipinski definition) is 3. The quantitative estimate of drug-likeness (QED) is 0.188. The molecule has 0 bridgehead atoms. The summed E-state index contributed by atoms with van der Waals surface area (Å²) in [6.07, 6.45) is 1.12. The highest BCUT2D eigenvalue weighted by molar-refractivity contribution is 5.79. The molecule has 0 aliphatic heterocycles. The minimum Gasteiger partial charge on any atom is -0.383 e. The molecule has 0 saturated carbocycles. The summed E-state index contributed by atoms with van der Waals surface area (Å²) in [5.41, 5.74) is 2.52. The van der Waals surface area contributed by atoms with E-state index in [0.717, 1.165) is 13.0 Å². The Morgan fingerprint density at radius 1 is 1.57 bits per heavy atom. The lowest BCUT2D eigenvalue weighted by molar-refractivity contribution is 0.203. The van der Waals surface area contributed by atoms with Gasteiger partial charge in [-0.3, -0.25) is 10.4 Å². The van der Waals surface area contributed by atoms with Gasteiger partial charge >= 0.3 is 0 Å². The van der Waals surface area contributed by atoms with Crippen LogP contribution in [0.3, 0.4) is 0 Å². The van der Waals surface area contributed by atoms with Crippen LogP contribution in [0.15, 0.2) is 4.99 Å². The van der Waals surface area contributed by atoms with Crippen LogP contribution >= 0.6 is 0 Å². The molecule has 0 aliphatic rings. The van der Waals surface area contributed by atoms with Gasteiger partial charge in [-0.15, -0.1) is 0 Å². The van der Waals surface area contributed by atoms with Crippen LogP contribution in [-0.2, 0) is 4.74 Å². The third-order valence-corrected chi connectivity index (χ3v) is 1.99. The highest BCUT2D eigenvalue weighted by Crippen LogP contribution is 1.99. The van der Waals surface area contributed by atoms with Gasteiger partial charge in [-0.25, -0.2) is 5.84 Å². The Morgan fingerprint density at radius 3 is 2.79 bits per heavy atom. The van der Waals surface area contributed by atoms with Crippen LogP contribution < -0.4 is 16.6 Å². The number of aliphatic imine (C=N–C) groups is 1. The Kier molecular flexibility index (Phi) is 8.27. The first-order valence-corrected chi connectivity index (χ1v) is 4.98. The molecular formula is C9H22N4O. The number of hydrazine groups is 1. The first-order chi connectivity index (χ1) is 6.74. The van der Waals surface area contributed by atoms with Crippen LogP contribution in [0, 0.1) is 5.92 Å². The maximum atomic E-state index is 5.30. The normalized spacial score (nSPS) is 13.9. The average Bonchev–Trinajstić information content (AvgIpc) is 2.22. The summed E-state index contributed by atoms with van der Waals surface area (Å²) in [5, 5.41) is 3.04. The fourth-order valence-corrected chi connectivity index (χ4v) is 0.800. The molecule has 5 heteroatoms. The first kappa shape index (κ1) is 13.2. The number of methoxy groups -OCH3 is 1. The van der Waals surface area contributed by atoms with Crippen LogP contribution in [-0.4, -0.2) is 32.8 Å². The predicted molar refractivity (Wildman–Crippen MR) is 59.0 cm³/mol. The lowest BCUT2D eigenvalue weighted by Gasteiger charge is -2.10. The van der Waals surface area contributed by atoms with Crippen molar-refractivity contribution in [2.75, 3.05) is 26.8 Å². The summed E-state index contributed by atoms with van der Waals surface area (Å²) in [7, 11) is 1.66. The second-order valence-corrected chi connectivity index (χ2v) is 3.27. The van der Waals surface area contributed by atoms with E-state index < -0.39 is 0 Å². The van der Waals surface area contributed by atoms with Gasteiger partial charge in [0.15, 0.2) is 0 Å². The van der Waals surface area contributed by atoms with Gasteiger partial charge < -0.3 is 10.1 Å². The van der Waals surface area contributed by atoms with Crippen molar-refractivity contribution in [3.05, 3.63) is 0 Å². The molecule has 0 aromatic rings. The Hall–Kier alpha value is -0.810. The SMILES string of the molecule is CCC(C)CN=C(NN)NCCOC. The maximum Gasteiger partial charge on any atom is 0.205 e. The molecule has 0 aromatic heterocycles. The summed E-state index contributed by atoms with van der Waals surface area (Å²) in [4.78, 5) is 4.30. The molecule has 0 saturated heterocycles. The standard InChI is InChI=1S/C9H22N4O/c1-4-8(2)7-12-9(13-10)11-5-6-14-3/h8H,4-7,10H2,1-3H3,(H2,11,12,13). The summed E-state index contributed by atoms with van der Waals surface area (Å²) in [6, 6.07) is 0. The van der Waals surface area contributed by atoms with Gasteiger partial charge in [-0.2, -0.15) is 0 Å². The minimum atomic E-state index is 0.586. The summed E-state index contributed by atoms with van der Waals surface area (Å²) in [6.45, 7) is 6.45. The largest absolute Gasteiger partial charge is 0.383 e. The molecular weight excluding hydrogens is 180 g/mol. The zero-order valence-corrected chi connectivity index (χ0v) is 9.34.